The summed E-state index contributed by atoms with van der Waals surface area (Å²) in [5, 5.41) is 0. The number of cyclic esters (lactones) is 1. The molecule has 4 atom stereocenters. The number of esters is 2. The van der Waals surface area contributed by atoms with Gasteiger partial charge < -0.3 is 14.4 Å². The quantitative estimate of drug-likeness (QED) is 0.743. The van der Waals surface area contributed by atoms with E-state index in [1.165, 1.54) is 19.3 Å². The van der Waals surface area contributed by atoms with Crippen LogP contribution >= 0.6 is 0 Å². The van der Waals surface area contributed by atoms with Gasteiger partial charge in [0.25, 0.3) is 0 Å². The van der Waals surface area contributed by atoms with Gasteiger partial charge in [-0.15, -0.1) is 0 Å². The number of carbonyl (C=O) groups excluding carboxylic acids is 2. The molecule has 0 radical (unpaired) electrons. The first kappa shape index (κ1) is 15.4. The van der Waals surface area contributed by atoms with Crippen molar-refractivity contribution in [2.45, 2.75) is 57.5 Å². The van der Waals surface area contributed by atoms with Gasteiger partial charge in [0.05, 0.1) is 18.4 Å². The van der Waals surface area contributed by atoms with Crippen molar-refractivity contribution in [2.24, 2.45) is 17.3 Å². The van der Waals surface area contributed by atoms with E-state index in [-0.39, 0.29) is 23.5 Å². The molecule has 5 nitrogen and oxygen atoms in total. The van der Waals surface area contributed by atoms with Gasteiger partial charge in [-0.05, 0) is 63.5 Å². The molecule has 0 aromatic carbocycles. The van der Waals surface area contributed by atoms with Crippen LogP contribution in [0.1, 0.15) is 51.4 Å². The lowest BCUT2D eigenvalue weighted by atomic mass is 9.71. The van der Waals surface area contributed by atoms with Crippen LogP contribution in [0.4, 0.5) is 0 Å². The Morgan fingerprint density at radius 2 is 2.09 bits per heavy atom. The molecule has 0 amide bonds. The topological polar surface area (TPSA) is 55.8 Å². The first-order valence-electron chi connectivity index (χ1n) is 9.26. The van der Waals surface area contributed by atoms with Crippen molar-refractivity contribution in [3.8, 4) is 0 Å². The van der Waals surface area contributed by atoms with Crippen LogP contribution in [0.5, 0.6) is 0 Å². The second-order valence-electron chi connectivity index (χ2n) is 7.86. The number of fused-ring (bicyclic) bond motifs is 3. The van der Waals surface area contributed by atoms with Gasteiger partial charge >= 0.3 is 11.9 Å². The van der Waals surface area contributed by atoms with Gasteiger partial charge in [0.1, 0.15) is 6.10 Å². The predicted octanol–water partition coefficient (Wildman–Crippen LogP) is 2.14. The summed E-state index contributed by atoms with van der Waals surface area (Å²) in [7, 11) is 0. The Kier molecular flexibility index (Phi) is 4.08. The van der Waals surface area contributed by atoms with Gasteiger partial charge in [-0.25, -0.2) is 0 Å². The summed E-state index contributed by atoms with van der Waals surface area (Å²) in [4.78, 5) is 26.6. The van der Waals surface area contributed by atoms with Crippen LogP contribution in [0.3, 0.4) is 0 Å². The molecule has 0 aromatic rings. The van der Waals surface area contributed by atoms with Crippen molar-refractivity contribution < 1.29 is 19.1 Å². The van der Waals surface area contributed by atoms with E-state index in [0.29, 0.717) is 24.9 Å². The normalized spacial score (nSPS) is 39.8. The van der Waals surface area contributed by atoms with Crippen LogP contribution in [0.25, 0.3) is 0 Å². The average molecular weight is 321 g/mol. The summed E-state index contributed by atoms with van der Waals surface area (Å²) in [6.07, 6.45) is 7.96. The fourth-order valence-corrected chi connectivity index (χ4v) is 5.32. The first-order chi connectivity index (χ1) is 11.2. The van der Waals surface area contributed by atoms with Crippen LogP contribution < -0.4 is 0 Å². The molecule has 4 rings (SSSR count). The van der Waals surface area contributed by atoms with E-state index in [9.17, 15) is 9.59 Å². The van der Waals surface area contributed by atoms with E-state index in [4.69, 9.17) is 9.47 Å². The molecule has 4 fully saturated rings. The monoisotopic (exact) mass is 321 g/mol. The molecule has 2 aliphatic heterocycles. The highest BCUT2D eigenvalue weighted by molar-refractivity contribution is 5.80. The largest absolute Gasteiger partial charge is 0.465 e. The Hall–Kier alpha value is -1.10. The van der Waals surface area contributed by atoms with Gasteiger partial charge in [-0.1, -0.05) is 6.42 Å². The fourth-order valence-electron chi connectivity index (χ4n) is 5.32. The second kappa shape index (κ2) is 6.08. The van der Waals surface area contributed by atoms with Gasteiger partial charge in [-0.2, -0.15) is 0 Å². The van der Waals surface area contributed by atoms with Crippen LogP contribution in [0, 0.1) is 17.3 Å². The Bertz CT molecular complexity index is 487. The molecule has 2 bridgehead atoms. The third kappa shape index (κ3) is 2.77. The summed E-state index contributed by atoms with van der Waals surface area (Å²) >= 11 is 0. The maximum Gasteiger partial charge on any atom is 0.312 e. The molecule has 4 unspecified atom stereocenters. The third-order valence-corrected chi connectivity index (χ3v) is 6.59. The number of hydrogen-bond donors (Lipinski definition) is 0. The van der Waals surface area contributed by atoms with Gasteiger partial charge in [0.15, 0.2) is 0 Å². The molecule has 5 heteroatoms. The molecular formula is C18H27NO4. The summed E-state index contributed by atoms with van der Waals surface area (Å²) in [6, 6.07) is 0. The Morgan fingerprint density at radius 1 is 1.26 bits per heavy atom. The third-order valence-electron chi connectivity index (χ3n) is 6.59. The van der Waals surface area contributed by atoms with Crippen molar-refractivity contribution >= 4 is 11.9 Å². The minimum absolute atomic E-state index is 0.000116. The zero-order valence-corrected chi connectivity index (χ0v) is 13.8. The summed E-state index contributed by atoms with van der Waals surface area (Å²) < 4.78 is 11.0. The lowest BCUT2D eigenvalue weighted by Gasteiger charge is -2.33. The number of hydrogen-bond acceptors (Lipinski definition) is 5. The fraction of sp³-hybridized carbons (Fsp3) is 0.889. The lowest BCUT2D eigenvalue weighted by Crippen LogP contribution is -2.38. The minimum Gasteiger partial charge on any atom is -0.465 e. The zero-order chi connectivity index (χ0) is 15.9. The van der Waals surface area contributed by atoms with Crippen molar-refractivity contribution in [1.82, 2.24) is 4.90 Å². The van der Waals surface area contributed by atoms with Crippen LogP contribution in [-0.2, 0) is 19.1 Å². The van der Waals surface area contributed by atoms with Crippen molar-refractivity contribution in [1.29, 1.82) is 0 Å². The van der Waals surface area contributed by atoms with Crippen LogP contribution in [0.15, 0.2) is 0 Å². The van der Waals surface area contributed by atoms with Crippen molar-refractivity contribution in [3.63, 3.8) is 0 Å². The molecule has 2 heterocycles. The molecule has 2 saturated carbocycles. The number of nitrogens with zero attached hydrogens (tertiary/aromatic N) is 1. The van der Waals surface area contributed by atoms with E-state index < -0.39 is 0 Å². The molecular weight excluding hydrogens is 294 g/mol. The average Bonchev–Trinajstić information content (AvgIpc) is 3.22. The van der Waals surface area contributed by atoms with Crippen LogP contribution in [-0.4, -0.2) is 49.2 Å². The van der Waals surface area contributed by atoms with E-state index in [1.54, 1.807) is 0 Å². The molecule has 2 aliphatic carbocycles. The van der Waals surface area contributed by atoms with Crippen LogP contribution in [0.2, 0.25) is 0 Å². The molecule has 23 heavy (non-hydrogen) atoms. The SMILES string of the molecule is O=C(CCN1CCCCC1)OC1CC2CC1CC21CCOC1=O. The highest BCUT2D eigenvalue weighted by Crippen LogP contribution is 2.60. The van der Waals surface area contributed by atoms with Gasteiger partial charge in [0, 0.05) is 6.54 Å². The maximum atomic E-state index is 12.2. The lowest BCUT2D eigenvalue weighted by molar-refractivity contribution is -0.156. The summed E-state index contributed by atoms with van der Waals surface area (Å²) in [6.45, 7) is 3.64. The number of ether oxygens (including phenoxy) is 2. The predicted molar refractivity (Wildman–Crippen MR) is 83.6 cm³/mol. The highest BCUT2D eigenvalue weighted by atomic mass is 16.5. The molecule has 2 saturated heterocycles. The highest BCUT2D eigenvalue weighted by Gasteiger charge is 2.62. The minimum atomic E-state index is -0.235. The van der Waals surface area contributed by atoms with E-state index in [2.05, 4.69) is 4.90 Å². The van der Waals surface area contributed by atoms with Gasteiger partial charge in [0.2, 0.25) is 0 Å². The molecule has 4 aliphatic rings. The molecule has 128 valence electrons. The molecule has 0 aromatic heterocycles. The van der Waals surface area contributed by atoms with Crippen molar-refractivity contribution in [2.75, 3.05) is 26.2 Å². The van der Waals surface area contributed by atoms with E-state index in [1.807, 2.05) is 0 Å². The standard InChI is InChI=1S/C18H27NO4/c20-16(4-8-19-6-2-1-3-7-19)23-15-11-14-10-13(15)12-18(14)5-9-22-17(18)21/h13-15H,1-12H2. The second-order valence-corrected chi connectivity index (χ2v) is 7.86. The Labute approximate surface area is 137 Å². The van der Waals surface area contributed by atoms with E-state index in [0.717, 1.165) is 45.3 Å². The number of likely N-dealkylation sites (tertiary alicyclic amines) is 1. The summed E-state index contributed by atoms with van der Waals surface area (Å²) in [5.74, 6) is 0.669. The maximum absolute atomic E-state index is 12.2. The molecule has 1 spiro atoms. The number of rotatable bonds is 4. The molecule has 0 N–H and O–H groups in total. The van der Waals surface area contributed by atoms with Gasteiger partial charge in [-0.3, -0.25) is 9.59 Å². The number of piperidine rings is 1. The van der Waals surface area contributed by atoms with Crippen molar-refractivity contribution in [3.05, 3.63) is 0 Å². The van der Waals surface area contributed by atoms with E-state index >= 15 is 0 Å². The first-order valence-corrected chi connectivity index (χ1v) is 9.26. The summed E-state index contributed by atoms with van der Waals surface area (Å²) in [5.41, 5.74) is -0.235. The Morgan fingerprint density at radius 3 is 2.74 bits per heavy atom. The zero-order valence-electron chi connectivity index (χ0n) is 13.8. The smallest absolute Gasteiger partial charge is 0.312 e. The number of carbonyl (C=O) groups is 2. The Balaban J connectivity index is 1.25.